The molecule has 126 valence electrons. The van der Waals surface area contributed by atoms with Crippen LogP contribution in [-0.4, -0.2) is 61.3 Å². The number of benzene rings is 1. The Labute approximate surface area is 131 Å². The van der Waals surface area contributed by atoms with E-state index in [-0.39, 0.29) is 17.9 Å². The Hall–Kier alpha value is -1.96. The fourth-order valence-corrected chi connectivity index (χ4v) is 2.56. The average molecular weight is 330 g/mol. The maximum atomic E-state index is 12.7. The lowest BCUT2D eigenvalue weighted by Crippen LogP contribution is -2.60. The van der Waals surface area contributed by atoms with Gasteiger partial charge in [0.05, 0.1) is 31.9 Å². The molecule has 2 heterocycles. The highest BCUT2D eigenvalue weighted by Crippen LogP contribution is 2.32. The summed E-state index contributed by atoms with van der Waals surface area (Å²) in [5.74, 6) is 0.170. The Morgan fingerprint density at radius 2 is 1.87 bits per heavy atom. The van der Waals surface area contributed by atoms with Gasteiger partial charge in [0.1, 0.15) is 11.9 Å². The van der Waals surface area contributed by atoms with Gasteiger partial charge in [-0.3, -0.25) is 0 Å². The average Bonchev–Trinajstić information content (AvgIpc) is 2.50. The maximum absolute atomic E-state index is 12.7. The highest BCUT2D eigenvalue weighted by molar-refractivity contribution is 5.75. The zero-order valence-corrected chi connectivity index (χ0v) is 12.4. The third-order valence-electron chi connectivity index (χ3n) is 3.86. The lowest BCUT2D eigenvalue weighted by Gasteiger charge is -2.42. The van der Waals surface area contributed by atoms with Crippen LogP contribution in [0.2, 0.25) is 0 Å². The van der Waals surface area contributed by atoms with Crippen LogP contribution in [0, 0.1) is 0 Å². The summed E-state index contributed by atoms with van der Waals surface area (Å²) in [7, 11) is 0. The summed E-state index contributed by atoms with van der Waals surface area (Å²) >= 11 is 0. The maximum Gasteiger partial charge on any atom is 0.416 e. The molecule has 0 atom stereocenters. The lowest BCUT2D eigenvalue weighted by atomic mass is 10.1. The summed E-state index contributed by atoms with van der Waals surface area (Å²) in [6.45, 7) is 2.95. The van der Waals surface area contributed by atoms with E-state index in [0.717, 1.165) is 12.1 Å². The second kappa shape index (κ2) is 6.27. The van der Waals surface area contributed by atoms with Gasteiger partial charge in [0, 0.05) is 13.1 Å². The minimum atomic E-state index is -4.39. The second-order valence-electron chi connectivity index (χ2n) is 5.55. The van der Waals surface area contributed by atoms with Crippen LogP contribution >= 0.6 is 0 Å². The predicted octanol–water partition coefficient (Wildman–Crippen LogP) is 2.22. The van der Waals surface area contributed by atoms with Gasteiger partial charge in [-0.05, 0) is 18.2 Å². The van der Waals surface area contributed by atoms with Crippen LogP contribution in [0.5, 0.6) is 5.75 Å². The topological polar surface area (TPSA) is 42.0 Å². The van der Waals surface area contributed by atoms with Crippen LogP contribution in [0.4, 0.5) is 18.0 Å². The van der Waals surface area contributed by atoms with Crippen molar-refractivity contribution in [2.45, 2.75) is 12.3 Å². The number of urea groups is 1. The summed E-state index contributed by atoms with van der Waals surface area (Å²) in [5, 5.41) is 0. The Kier molecular flexibility index (Phi) is 4.34. The lowest BCUT2D eigenvalue weighted by molar-refractivity contribution is -0.137. The van der Waals surface area contributed by atoms with E-state index in [0.29, 0.717) is 39.4 Å². The molecule has 23 heavy (non-hydrogen) atoms. The van der Waals surface area contributed by atoms with Gasteiger partial charge in [0.15, 0.2) is 0 Å². The Morgan fingerprint density at radius 1 is 1.17 bits per heavy atom. The molecule has 0 spiro atoms. The fourth-order valence-electron chi connectivity index (χ4n) is 2.56. The van der Waals surface area contributed by atoms with Crippen molar-refractivity contribution in [2.75, 3.05) is 39.4 Å². The molecule has 8 heteroatoms. The van der Waals surface area contributed by atoms with E-state index in [4.69, 9.17) is 9.47 Å². The number of rotatable bonds is 2. The standard InChI is InChI=1S/C15H17F3N2O3/c16-15(17,18)11-2-1-3-12(8-11)23-13-9-20(10-13)14(21)19-4-6-22-7-5-19/h1-3,8,13H,4-7,9-10H2. The Morgan fingerprint density at radius 3 is 2.52 bits per heavy atom. The number of carbonyl (C=O) groups is 1. The molecule has 5 nitrogen and oxygen atoms in total. The van der Waals surface area contributed by atoms with E-state index in [9.17, 15) is 18.0 Å². The third kappa shape index (κ3) is 3.69. The zero-order valence-electron chi connectivity index (χ0n) is 12.4. The monoisotopic (exact) mass is 330 g/mol. The molecule has 2 fully saturated rings. The minimum Gasteiger partial charge on any atom is -0.487 e. The Balaban J connectivity index is 1.51. The Bertz CT molecular complexity index is 567. The summed E-state index contributed by atoms with van der Waals surface area (Å²) < 4.78 is 48.7. The molecule has 0 radical (unpaired) electrons. The predicted molar refractivity (Wildman–Crippen MR) is 75.2 cm³/mol. The van der Waals surface area contributed by atoms with Crippen LogP contribution < -0.4 is 4.74 Å². The van der Waals surface area contributed by atoms with Gasteiger partial charge in [-0.15, -0.1) is 0 Å². The number of ether oxygens (including phenoxy) is 2. The van der Waals surface area contributed by atoms with Crippen molar-refractivity contribution in [2.24, 2.45) is 0 Å². The largest absolute Gasteiger partial charge is 0.487 e. The van der Waals surface area contributed by atoms with Crippen molar-refractivity contribution in [3.8, 4) is 5.75 Å². The van der Waals surface area contributed by atoms with E-state index in [1.54, 1.807) is 9.80 Å². The number of alkyl halides is 3. The first kappa shape index (κ1) is 15.9. The first-order chi connectivity index (χ1) is 10.9. The number of likely N-dealkylation sites (tertiary alicyclic amines) is 1. The molecular weight excluding hydrogens is 313 g/mol. The van der Waals surface area contributed by atoms with Crippen molar-refractivity contribution >= 4 is 6.03 Å². The number of hydrogen-bond acceptors (Lipinski definition) is 3. The quantitative estimate of drug-likeness (QED) is 0.835. The summed E-state index contributed by atoms with van der Waals surface area (Å²) in [6, 6.07) is 4.71. The summed E-state index contributed by atoms with van der Waals surface area (Å²) in [4.78, 5) is 15.5. The molecule has 2 aliphatic heterocycles. The van der Waals surface area contributed by atoms with E-state index in [1.807, 2.05) is 0 Å². The van der Waals surface area contributed by atoms with Crippen molar-refractivity contribution in [3.05, 3.63) is 29.8 Å². The molecule has 0 bridgehead atoms. The molecule has 2 saturated heterocycles. The van der Waals surface area contributed by atoms with Crippen LogP contribution in [0.15, 0.2) is 24.3 Å². The SMILES string of the molecule is O=C(N1CCOCC1)N1CC(Oc2cccc(C(F)(F)F)c2)C1. The van der Waals surface area contributed by atoms with E-state index in [2.05, 4.69) is 0 Å². The van der Waals surface area contributed by atoms with Gasteiger partial charge in [-0.2, -0.15) is 13.2 Å². The third-order valence-corrected chi connectivity index (χ3v) is 3.86. The minimum absolute atomic E-state index is 0.0720. The first-order valence-corrected chi connectivity index (χ1v) is 7.39. The van der Waals surface area contributed by atoms with Gasteiger partial charge in [-0.1, -0.05) is 6.07 Å². The molecular formula is C15H17F3N2O3. The molecule has 3 rings (SSSR count). The smallest absolute Gasteiger partial charge is 0.416 e. The van der Waals surface area contributed by atoms with Crippen molar-refractivity contribution < 1.29 is 27.4 Å². The first-order valence-electron chi connectivity index (χ1n) is 7.39. The fraction of sp³-hybridized carbons (Fsp3) is 0.533. The van der Waals surface area contributed by atoms with Crippen LogP contribution in [-0.2, 0) is 10.9 Å². The highest BCUT2D eigenvalue weighted by Gasteiger charge is 2.36. The van der Waals surface area contributed by atoms with E-state index < -0.39 is 11.7 Å². The number of amides is 2. The molecule has 0 saturated carbocycles. The van der Waals surface area contributed by atoms with Crippen LogP contribution in [0.1, 0.15) is 5.56 Å². The summed E-state index contributed by atoms with van der Waals surface area (Å²) in [5.41, 5.74) is -0.740. The number of hydrogen-bond donors (Lipinski definition) is 0. The molecule has 0 unspecified atom stereocenters. The van der Waals surface area contributed by atoms with Crippen molar-refractivity contribution in [1.82, 2.24) is 9.80 Å². The number of halogens is 3. The highest BCUT2D eigenvalue weighted by atomic mass is 19.4. The van der Waals surface area contributed by atoms with Crippen molar-refractivity contribution in [1.29, 1.82) is 0 Å². The van der Waals surface area contributed by atoms with Crippen molar-refractivity contribution in [3.63, 3.8) is 0 Å². The van der Waals surface area contributed by atoms with E-state index >= 15 is 0 Å². The molecule has 1 aromatic carbocycles. The molecule has 2 amide bonds. The zero-order chi connectivity index (χ0) is 16.4. The van der Waals surface area contributed by atoms with Gasteiger partial charge >= 0.3 is 12.2 Å². The van der Waals surface area contributed by atoms with E-state index in [1.165, 1.54) is 12.1 Å². The molecule has 0 aliphatic carbocycles. The number of morpholine rings is 1. The second-order valence-corrected chi connectivity index (χ2v) is 5.55. The van der Waals surface area contributed by atoms with Crippen LogP contribution in [0.3, 0.4) is 0 Å². The van der Waals surface area contributed by atoms with Gasteiger partial charge in [-0.25, -0.2) is 4.79 Å². The van der Waals surface area contributed by atoms with Gasteiger partial charge in [0.25, 0.3) is 0 Å². The molecule has 1 aromatic rings. The number of nitrogens with zero attached hydrogens (tertiary/aromatic N) is 2. The normalized spacial score (nSPS) is 19.4. The molecule has 0 N–H and O–H groups in total. The van der Waals surface area contributed by atoms with Gasteiger partial charge < -0.3 is 19.3 Å². The molecule has 0 aromatic heterocycles. The molecule has 2 aliphatic rings. The number of carbonyl (C=O) groups excluding carboxylic acids is 1. The summed E-state index contributed by atoms with van der Waals surface area (Å²) in [6.07, 6.45) is -4.67. The van der Waals surface area contributed by atoms with Gasteiger partial charge in [0.2, 0.25) is 0 Å². The van der Waals surface area contributed by atoms with Crippen LogP contribution in [0.25, 0.3) is 0 Å².